The molecule has 0 saturated carbocycles. The van der Waals surface area contributed by atoms with Crippen LogP contribution in [0.3, 0.4) is 0 Å². The van der Waals surface area contributed by atoms with Gasteiger partial charge in [-0.25, -0.2) is 0 Å². The summed E-state index contributed by atoms with van der Waals surface area (Å²) in [6, 6.07) is 10.8. The molecule has 2 aromatic rings. The maximum atomic E-state index is 12.4. The SMILES string of the molecule is COc1cccc(C(=O)Nc2ccc(Br)c(C)c2)c1OC. The highest BCUT2D eigenvalue weighted by atomic mass is 79.9. The topological polar surface area (TPSA) is 47.6 Å². The largest absolute Gasteiger partial charge is 0.493 e. The Kier molecular flexibility index (Phi) is 4.85. The van der Waals surface area contributed by atoms with Crippen molar-refractivity contribution in [3.05, 3.63) is 52.0 Å². The van der Waals surface area contributed by atoms with Gasteiger partial charge in [-0.1, -0.05) is 22.0 Å². The lowest BCUT2D eigenvalue weighted by molar-refractivity contribution is 0.102. The molecule has 110 valence electrons. The summed E-state index contributed by atoms with van der Waals surface area (Å²) in [7, 11) is 3.05. The molecule has 5 heteroatoms. The van der Waals surface area contributed by atoms with Gasteiger partial charge in [-0.3, -0.25) is 4.79 Å². The van der Waals surface area contributed by atoms with Crippen LogP contribution in [0.4, 0.5) is 5.69 Å². The third-order valence-electron chi connectivity index (χ3n) is 3.06. The number of rotatable bonds is 4. The normalized spacial score (nSPS) is 10.1. The molecule has 0 bridgehead atoms. The van der Waals surface area contributed by atoms with Gasteiger partial charge in [0.05, 0.1) is 19.8 Å². The third-order valence-corrected chi connectivity index (χ3v) is 3.95. The summed E-state index contributed by atoms with van der Waals surface area (Å²) in [6.45, 7) is 1.96. The molecule has 2 aromatic carbocycles. The molecule has 0 unspecified atom stereocenters. The van der Waals surface area contributed by atoms with E-state index < -0.39 is 0 Å². The molecule has 1 amide bonds. The highest BCUT2D eigenvalue weighted by molar-refractivity contribution is 9.10. The molecule has 0 atom stereocenters. The number of nitrogens with one attached hydrogen (secondary N) is 1. The fourth-order valence-electron chi connectivity index (χ4n) is 1.99. The number of hydrogen-bond donors (Lipinski definition) is 1. The van der Waals surface area contributed by atoms with Crippen LogP contribution in [-0.2, 0) is 0 Å². The van der Waals surface area contributed by atoms with Gasteiger partial charge in [0.15, 0.2) is 11.5 Å². The van der Waals surface area contributed by atoms with E-state index in [-0.39, 0.29) is 5.91 Å². The molecule has 0 fully saturated rings. The van der Waals surface area contributed by atoms with Crippen LogP contribution in [0.1, 0.15) is 15.9 Å². The molecular weight excluding hydrogens is 334 g/mol. The number of benzene rings is 2. The van der Waals surface area contributed by atoms with Crippen LogP contribution >= 0.6 is 15.9 Å². The molecule has 0 aromatic heterocycles. The van der Waals surface area contributed by atoms with Crippen LogP contribution in [-0.4, -0.2) is 20.1 Å². The van der Waals surface area contributed by atoms with E-state index in [0.29, 0.717) is 17.1 Å². The predicted molar refractivity (Wildman–Crippen MR) is 86.4 cm³/mol. The average Bonchev–Trinajstić information content (AvgIpc) is 2.49. The maximum absolute atomic E-state index is 12.4. The number of hydrogen-bond acceptors (Lipinski definition) is 3. The van der Waals surface area contributed by atoms with Crippen molar-refractivity contribution >= 4 is 27.5 Å². The van der Waals surface area contributed by atoms with E-state index >= 15 is 0 Å². The van der Waals surface area contributed by atoms with Gasteiger partial charge < -0.3 is 14.8 Å². The first-order chi connectivity index (χ1) is 10.1. The lowest BCUT2D eigenvalue weighted by Gasteiger charge is -2.13. The van der Waals surface area contributed by atoms with Gasteiger partial charge >= 0.3 is 0 Å². The van der Waals surface area contributed by atoms with Crippen molar-refractivity contribution in [3.63, 3.8) is 0 Å². The van der Waals surface area contributed by atoms with Crippen molar-refractivity contribution in [1.29, 1.82) is 0 Å². The highest BCUT2D eigenvalue weighted by Gasteiger charge is 2.16. The van der Waals surface area contributed by atoms with Crippen molar-refractivity contribution in [1.82, 2.24) is 0 Å². The van der Waals surface area contributed by atoms with Gasteiger partial charge in [0.1, 0.15) is 0 Å². The van der Waals surface area contributed by atoms with Crippen molar-refractivity contribution in [2.24, 2.45) is 0 Å². The van der Waals surface area contributed by atoms with E-state index in [4.69, 9.17) is 9.47 Å². The molecule has 1 N–H and O–H groups in total. The minimum Gasteiger partial charge on any atom is -0.493 e. The second-order valence-electron chi connectivity index (χ2n) is 4.46. The summed E-state index contributed by atoms with van der Waals surface area (Å²) in [5.74, 6) is 0.705. The molecule has 21 heavy (non-hydrogen) atoms. The van der Waals surface area contributed by atoms with Gasteiger partial charge in [-0.2, -0.15) is 0 Å². The Bertz CT molecular complexity index is 671. The van der Waals surface area contributed by atoms with E-state index in [0.717, 1.165) is 15.7 Å². The lowest BCUT2D eigenvalue weighted by atomic mass is 10.1. The van der Waals surface area contributed by atoms with Crippen molar-refractivity contribution in [2.45, 2.75) is 6.92 Å². The zero-order valence-electron chi connectivity index (χ0n) is 12.1. The van der Waals surface area contributed by atoms with Crippen molar-refractivity contribution in [3.8, 4) is 11.5 Å². The van der Waals surface area contributed by atoms with E-state index in [1.165, 1.54) is 14.2 Å². The number of carbonyl (C=O) groups excluding carboxylic acids is 1. The minimum atomic E-state index is -0.243. The summed E-state index contributed by atoms with van der Waals surface area (Å²) < 4.78 is 11.5. The van der Waals surface area contributed by atoms with Gasteiger partial charge in [0, 0.05) is 10.2 Å². The Hall–Kier alpha value is -2.01. The first-order valence-electron chi connectivity index (χ1n) is 6.35. The molecule has 0 heterocycles. The third kappa shape index (κ3) is 3.36. The lowest BCUT2D eigenvalue weighted by Crippen LogP contribution is -2.13. The number of carbonyl (C=O) groups is 1. The smallest absolute Gasteiger partial charge is 0.259 e. The molecule has 0 aliphatic heterocycles. The second kappa shape index (κ2) is 6.63. The molecule has 0 spiro atoms. The summed E-state index contributed by atoms with van der Waals surface area (Å²) in [5.41, 5.74) is 2.20. The van der Waals surface area contributed by atoms with Gasteiger partial charge in [0.2, 0.25) is 0 Å². The molecule has 4 nitrogen and oxygen atoms in total. The summed E-state index contributed by atoms with van der Waals surface area (Å²) in [6.07, 6.45) is 0. The Morgan fingerprint density at radius 2 is 1.90 bits per heavy atom. The second-order valence-corrected chi connectivity index (χ2v) is 5.31. The number of aryl methyl sites for hydroxylation is 1. The number of anilines is 1. The van der Waals surface area contributed by atoms with E-state index in [2.05, 4.69) is 21.2 Å². The molecule has 0 saturated heterocycles. The first-order valence-corrected chi connectivity index (χ1v) is 7.14. The summed E-state index contributed by atoms with van der Waals surface area (Å²) in [5, 5.41) is 2.86. The zero-order valence-corrected chi connectivity index (χ0v) is 13.7. The first kappa shape index (κ1) is 15.4. The fourth-order valence-corrected chi connectivity index (χ4v) is 2.23. The van der Waals surface area contributed by atoms with Crippen molar-refractivity contribution in [2.75, 3.05) is 19.5 Å². The Morgan fingerprint density at radius 3 is 2.52 bits per heavy atom. The minimum absolute atomic E-state index is 0.243. The van der Waals surface area contributed by atoms with Crippen molar-refractivity contribution < 1.29 is 14.3 Å². The number of halogens is 1. The Labute approximate surface area is 132 Å². The van der Waals surface area contributed by atoms with Crippen LogP contribution in [0, 0.1) is 6.92 Å². The van der Waals surface area contributed by atoms with Gasteiger partial charge in [-0.05, 0) is 42.8 Å². The van der Waals surface area contributed by atoms with E-state index in [1.54, 1.807) is 18.2 Å². The zero-order chi connectivity index (χ0) is 15.4. The van der Waals surface area contributed by atoms with Gasteiger partial charge in [0.25, 0.3) is 5.91 Å². The molecule has 0 radical (unpaired) electrons. The van der Waals surface area contributed by atoms with Crippen LogP contribution in [0.25, 0.3) is 0 Å². The monoisotopic (exact) mass is 349 g/mol. The fraction of sp³-hybridized carbons (Fsp3) is 0.188. The van der Waals surface area contributed by atoms with Crippen LogP contribution in [0.5, 0.6) is 11.5 Å². The highest BCUT2D eigenvalue weighted by Crippen LogP contribution is 2.31. The Balaban J connectivity index is 2.30. The number of ether oxygens (including phenoxy) is 2. The van der Waals surface area contributed by atoms with Crippen LogP contribution in [0.2, 0.25) is 0 Å². The summed E-state index contributed by atoms with van der Waals surface area (Å²) in [4.78, 5) is 12.4. The number of methoxy groups -OCH3 is 2. The van der Waals surface area contributed by atoms with Crippen LogP contribution < -0.4 is 14.8 Å². The standard InChI is InChI=1S/C16H16BrNO3/c1-10-9-11(7-8-13(10)17)18-16(19)12-5-4-6-14(20-2)15(12)21-3/h4-9H,1-3H3,(H,18,19). The molecular formula is C16H16BrNO3. The average molecular weight is 350 g/mol. The Morgan fingerprint density at radius 1 is 1.14 bits per heavy atom. The predicted octanol–water partition coefficient (Wildman–Crippen LogP) is 4.03. The molecule has 0 aliphatic rings. The summed E-state index contributed by atoms with van der Waals surface area (Å²) >= 11 is 3.43. The number of para-hydroxylation sites is 1. The van der Waals surface area contributed by atoms with E-state index in [9.17, 15) is 4.79 Å². The maximum Gasteiger partial charge on any atom is 0.259 e. The van der Waals surface area contributed by atoms with Gasteiger partial charge in [-0.15, -0.1) is 0 Å². The van der Waals surface area contributed by atoms with Crippen LogP contribution in [0.15, 0.2) is 40.9 Å². The quantitative estimate of drug-likeness (QED) is 0.906. The molecule has 2 rings (SSSR count). The number of amides is 1. The molecule has 0 aliphatic carbocycles. The van der Waals surface area contributed by atoms with E-state index in [1.807, 2.05) is 25.1 Å².